The second-order valence-electron chi connectivity index (χ2n) is 2.04. The number of alkyl halides is 3. The van der Waals surface area contributed by atoms with E-state index in [1.165, 1.54) is 4.68 Å². The maximum atomic E-state index is 12.8. The second-order valence-corrected chi connectivity index (χ2v) is 4.32. The van der Waals surface area contributed by atoms with Crippen LogP contribution >= 0.6 is 34.8 Å². The van der Waals surface area contributed by atoms with Gasteiger partial charge < -0.3 is 0 Å². The number of halogens is 4. The van der Waals surface area contributed by atoms with Crippen LogP contribution in [-0.4, -0.2) is 15.0 Å². The number of aromatic nitrogens is 3. The van der Waals surface area contributed by atoms with Gasteiger partial charge in [-0.1, -0.05) is 45.1 Å². The smallest absolute Gasteiger partial charge is 0.242 e. The van der Waals surface area contributed by atoms with Crippen molar-refractivity contribution >= 4 is 34.8 Å². The Labute approximate surface area is 83.4 Å². The molecule has 12 heavy (non-hydrogen) atoms. The Hall–Kier alpha value is -0.0600. The van der Waals surface area contributed by atoms with E-state index in [1.807, 2.05) is 0 Å². The van der Waals surface area contributed by atoms with Crippen LogP contribution in [0.25, 0.3) is 0 Å². The maximum Gasteiger partial charge on any atom is 0.260 e. The van der Waals surface area contributed by atoms with Crippen LogP contribution in [0.5, 0.6) is 0 Å². The van der Waals surface area contributed by atoms with Crippen LogP contribution in [0.15, 0.2) is 0 Å². The van der Waals surface area contributed by atoms with Gasteiger partial charge in [-0.15, -0.1) is 0 Å². The van der Waals surface area contributed by atoms with Crippen LogP contribution in [-0.2, 0) is 10.3 Å². The van der Waals surface area contributed by atoms with Crippen LogP contribution in [0, 0.1) is 5.95 Å². The summed E-state index contributed by atoms with van der Waals surface area (Å²) < 4.78 is 12.2. The summed E-state index contributed by atoms with van der Waals surface area (Å²) >= 11 is 16.4. The number of aryl methyl sites for hydroxylation is 1. The molecule has 0 aliphatic carbocycles. The van der Waals surface area contributed by atoms with Crippen molar-refractivity contribution in [3.63, 3.8) is 0 Å². The van der Waals surface area contributed by atoms with Gasteiger partial charge >= 0.3 is 0 Å². The van der Waals surface area contributed by atoms with Gasteiger partial charge in [0.2, 0.25) is 3.79 Å². The number of hydrogen-bond donors (Lipinski definition) is 0. The first-order valence-corrected chi connectivity index (χ1v) is 4.26. The molecule has 0 bridgehead atoms. The van der Waals surface area contributed by atoms with Crippen molar-refractivity contribution in [1.29, 1.82) is 0 Å². The van der Waals surface area contributed by atoms with Crippen molar-refractivity contribution in [2.45, 2.75) is 17.3 Å². The minimum Gasteiger partial charge on any atom is -0.242 e. The molecule has 3 nitrogen and oxygen atoms in total. The molecule has 1 aromatic rings. The highest BCUT2D eigenvalue weighted by Crippen LogP contribution is 2.38. The van der Waals surface area contributed by atoms with E-state index in [9.17, 15) is 4.39 Å². The van der Waals surface area contributed by atoms with Crippen molar-refractivity contribution in [3.8, 4) is 0 Å². The van der Waals surface area contributed by atoms with E-state index >= 15 is 0 Å². The Kier molecular flexibility index (Phi) is 2.81. The van der Waals surface area contributed by atoms with E-state index in [-0.39, 0.29) is 5.69 Å². The molecule has 0 radical (unpaired) electrons. The van der Waals surface area contributed by atoms with Crippen molar-refractivity contribution in [1.82, 2.24) is 15.0 Å². The fourth-order valence-corrected chi connectivity index (χ4v) is 1.30. The summed E-state index contributed by atoms with van der Waals surface area (Å²) in [5.74, 6) is -0.850. The molecule has 0 saturated heterocycles. The molecule has 0 atom stereocenters. The number of rotatable bonds is 1. The van der Waals surface area contributed by atoms with Gasteiger partial charge in [-0.3, -0.25) is 0 Å². The molecular weight excluding hydrogens is 227 g/mol. The van der Waals surface area contributed by atoms with Gasteiger partial charge in [0.25, 0.3) is 5.95 Å². The lowest BCUT2D eigenvalue weighted by atomic mass is 10.5. The van der Waals surface area contributed by atoms with E-state index in [0.717, 1.165) is 0 Å². The zero-order valence-electron chi connectivity index (χ0n) is 6.06. The summed E-state index contributed by atoms with van der Waals surface area (Å²) in [5, 5.41) is 6.59. The Morgan fingerprint density at radius 1 is 1.50 bits per heavy atom. The lowest BCUT2D eigenvalue weighted by Crippen LogP contribution is -2.12. The minimum absolute atomic E-state index is 0.130. The SMILES string of the molecule is CCn1nnc(F)c1C(Cl)(Cl)Cl. The Balaban J connectivity index is 3.19. The summed E-state index contributed by atoms with van der Waals surface area (Å²) in [7, 11) is 0. The first-order valence-electron chi connectivity index (χ1n) is 3.13. The summed E-state index contributed by atoms with van der Waals surface area (Å²) in [4.78, 5) is 0. The van der Waals surface area contributed by atoms with Crippen LogP contribution in [0.2, 0.25) is 0 Å². The Morgan fingerprint density at radius 2 is 2.08 bits per heavy atom. The van der Waals surface area contributed by atoms with Crippen LogP contribution in [0.1, 0.15) is 12.6 Å². The largest absolute Gasteiger partial charge is 0.260 e. The third-order valence-electron chi connectivity index (χ3n) is 1.26. The summed E-state index contributed by atoms with van der Waals surface area (Å²) in [6.45, 7) is 2.15. The van der Waals surface area contributed by atoms with Gasteiger partial charge in [0.1, 0.15) is 5.69 Å². The molecule has 0 saturated carbocycles. The molecule has 0 aliphatic rings. The minimum atomic E-state index is -1.82. The molecule has 0 fully saturated rings. The van der Waals surface area contributed by atoms with E-state index < -0.39 is 9.74 Å². The maximum absolute atomic E-state index is 12.8. The highest BCUT2D eigenvalue weighted by atomic mass is 35.6. The predicted molar refractivity (Wildman–Crippen MR) is 44.9 cm³/mol. The molecule has 1 rings (SSSR count). The molecule has 0 unspecified atom stereocenters. The van der Waals surface area contributed by atoms with E-state index in [1.54, 1.807) is 6.92 Å². The third kappa shape index (κ3) is 1.81. The second kappa shape index (κ2) is 3.36. The standard InChI is InChI=1S/C5H5Cl3FN3/c1-2-12-3(5(6,7)8)4(9)10-11-12/h2H2,1H3. The zero-order valence-corrected chi connectivity index (χ0v) is 8.33. The molecule has 0 aromatic carbocycles. The molecule has 68 valence electrons. The lowest BCUT2D eigenvalue weighted by Gasteiger charge is -2.10. The highest BCUT2D eigenvalue weighted by Gasteiger charge is 2.32. The molecule has 1 heterocycles. The first kappa shape index (κ1) is 10.0. The molecule has 7 heteroatoms. The van der Waals surface area contributed by atoms with Gasteiger partial charge in [-0.05, 0) is 6.92 Å². The van der Waals surface area contributed by atoms with Crippen LogP contribution in [0.3, 0.4) is 0 Å². The van der Waals surface area contributed by atoms with Crippen LogP contribution < -0.4 is 0 Å². The van der Waals surface area contributed by atoms with Crippen molar-refractivity contribution in [2.24, 2.45) is 0 Å². The first-order chi connectivity index (χ1) is 5.46. The number of nitrogens with zero attached hydrogens (tertiary/aromatic N) is 3. The number of hydrogen-bond acceptors (Lipinski definition) is 2. The summed E-state index contributed by atoms with van der Waals surface area (Å²) in [6.07, 6.45) is 0. The van der Waals surface area contributed by atoms with Gasteiger partial charge in [0.15, 0.2) is 0 Å². The fraction of sp³-hybridized carbons (Fsp3) is 0.600. The normalized spacial score (nSPS) is 12.1. The van der Waals surface area contributed by atoms with Gasteiger partial charge in [-0.2, -0.15) is 4.39 Å². The average Bonchev–Trinajstić information content (AvgIpc) is 2.29. The van der Waals surface area contributed by atoms with E-state index in [0.29, 0.717) is 6.54 Å². The Morgan fingerprint density at radius 3 is 2.42 bits per heavy atom. The molecule has 0 N–H and O–H groups in total. The summed E-state index contributed by atoms with van der Waals surface area (Å²) in [5.41, 5.74) is -0.130. The quantitative estimate of drug-likeness (QED) is 0.696. The third-order valence-corrected chi connectivity index (χ3v) is 1.80. The molecular formula is C5H5Cl3FN3. The van der Waals surface area contributed by atoms with Crippen molar-refractivity contribution < 1.29 is 4.39 Å². The average molecular weight is 232 g/mol. The monoisotopic (exact) mass is 231 g/mol. The zero-order chi connectivity index (χ0) is 9.35. The summed E-state index contributed by atoms with van der Waals surface area (Å²) in [6, 6.07) is 0. The van der Waals surface area contributed by atoms with E-state index in [4.69, 9.17) is 34.8 Å². The van der Waals surface area contributed by atoms with Crippen molar-refractivity contribution in [3.05, 3.63) is 11.6 Å². The van der Waals surface area contributed by atoms with Gasteiger partial charge in [0, 0.05) is 6.54 Å². The van der Waals surface area contributed by atoms with Crippen LogP contribution in [0.4, 0.5) is 4.39 Å². The van der Waals surface area contributed by atoms with Crippen molar-refractivity contribution in [2.75, 3.05) is 0 Å². The van der Waals surface area contributed by atoms with Gasteiger partial charge in [0.05, 0.1) is 0 Å². The molecule has 0 spiro atoms. The van der Waals surface area contributed by atoms with E-state index in [2.05, 4.69) is 10.3 Å². The molecule has 0 amide bonds. The fourth-order valence-electron chi connectivity index (χ4n) is 0.776. The molecule has 0 aliphatic heterocycles. The predicted octanol–water partition coefficient (Wildman–Crippen LogP) is 2.26. The Bertz CT molecular complexity index is 280. The van der Waals surface area contributed by atoms with Gasteiger partial charge in [-0.25, -0.2) is 4.68 Å². The highest BCUT2D eigenvalue weighted by molar-refractivity contribution is 6.66. The lowest BCUT2D eigenvalue weighted by molar-refractivity contribution is 0.567. The molecule has 1 aromatic heterocycles. The topological polar surface area (TPSA) is 30.7 Å².